The molecule has 0 spiro atoms. The molecule has 6 heteroatoms. The summed E-state index contributed by atoms with van der Waals surface area (Å²) in [4.78, 5) is 0.204. The van der Waals surface area contributed by atoms with Crippen molar-refractivity contribution in [1.29, 1.82) is 0 Å². The van der Waals surface area contributed by atoms with Crippen LogP contribution in [0.4, 0.5) is 0 Å². The molecule has 0 unspecified atom stereocenters. The summed E-state index contributed by atoms with van der Waals surface area (Å²) in [5.74, 6) is 0.350. The minimum Gasteiger partial charge on any atom is -0.495 e. The molecule has 5 nitrogen and oxygen atoms in total. The molecule has 0 bridgehead atoms. The molecule has 0 fully saturated rings. The number of methoxy groups -OCH3 is 1. The number of rotatable bonds is 8. The summed E-state index contributed by atoms with van der Waals surface area (Å²) < 4.78 is 32.0. The highest BCUT2D eigenvalue weighted by atomic mass is 32.2. The molecule has 0 aliphatic rings. The monoisotopic (exact) mass is 300 g/mol. The van der Waals surface area contributed by atoms with Gasteiger partial charge in [0.15, 0.2) is 0 Å². The van der Waals surface area contributed by atoms with Crippen LogP contribution in [0.15, 0.2) is 23.1 Å². The average molecular weight is 300 g/mol. The Hall–Kier alpha value is -1.11. The Morgan fingerprint density at radius 2 is 2.00 bits per heavy atom. The molecule has 0 radical (unpaired) electrons. The molecular weight excluding hydrogens is 276 g/mol. The van der Waals surface area contributed by atoms with Crippen molar-refractivity contribution in [3.8, 4) is 5.75 Å². The fourth-order valence-corrected chi connectivity index (χ4v) is 3.60. The SMILES string of the molecule is CCCCN(CC)S(=O)(=O)c1ccc(CN)cc1OC. The zero-order valence-electron chi connectivity index (χ0n) is 12.4. The van der Waals surface area contributed by atoms with Gasteiger partial charge in [0.2, 0.25) is 10.0 Å². The summed E-state index contributed by atoms with van der Waals surface area (Å²) >= 11 is 0. The first-order valence-corrected chi connectivity index (χ1v) is 8.32. The first-order valence-electron chi connectivity index (χ1n) is 6.88. The molecule has 0 atom stereocenters. The lowest BCUT2D eigenvalue weighted by Gasteiger charge is -2.21. The molecule has 0 amide bonds. The van der Waals surface area contributed by atoms with Crippen LogP contribution in [-0.2, 0) is 16.6 Å². The highest BCUT2D eigenvalue weighted by Gasteiger charge is 2.26. The second kappa shape index (κ2) is 7.61. The van der Waals surface area contributed by atoms with Crippen LogP contribution in [0.1, 0.15) is 32.3 Å². The summed E-state index contributed by atoms with van der Waals surface area (Å²) in [6.07, 6.45) is 1.80. The van der Waals surface area contributed by atoms with E-state index in [-0.39, 0.29) is 4.90 Å². The van der Waals surface area contributed by atoms with Crippen molar-refractivity contribution < 1.29 is 13.2 Å². The third-order valence-corrected chi connectivity index (χ3v) is 5.21. The van der Waals surface area contributed by atoms with E-state index < -0.39 is 10.0 Å². The highest BCUT2D eigenvalue weighted by molar-refractivity contribution is 7.89. The number of sulfonamides is 1. The second-order valence-corrected chi connectivity index (χ2v) is 6.45. The number of benzene rings is 1. The van der Waals surface area contributed by atoms with Crippen molar-refractivity contribution in [1.82, 2.24) is 4.31 Å². The van der Waals surface area contributed by atoms with E-state index in [1.54, 1.807) is 18.2 Å². The Morgan fingerprint density at radius 1 is 1.30 bits per heavy atom. The molecule has 1 rings (SSSR count). The Morgan fingerprint density at radius 3 is 2.50 bits per heavy atom. The van der Waals surface area contributed by atoms with Crippen LogP contribution in [0.2, 0.25) is 0 Å². The predicted molar refractivity (Wildman–Crippen MR) is 80.2 cm³/mol. The Balaban J connectivity index is 3.19. The Bertz CT molecular complexity index is 529. The smallest absolute Gasteiger partial charge is 0.246 e. The van der Waals surface area contributed by atoms with Crippen LogP contribution in [0.3, 0.4) is 0 Å². The van der Waals surface area contributed by atoms with Crippen molar-refractivity contribution in [3.05, 3.63) is 23.8 Å². The third kappa shape index (κ3) is 3.71. The third-order valence-electron chi connectivity index (χ3n) is 3.20. The molecule has 0 saturated heterocycles. The maximum Gasteiger partial charge on any atom is 0.246 e. The van der Waals surface area contributed by atoms with Gasteiger partial charge in [0.25, 0.3) is 0 Å². The normalized spacial score (nSPS) is 11.8. The molecule has 114 valence electrons. The number of nitrogens with two attached hydrogens (primary N) is 1. The fourth-order valence-electron chi connectivity index (χ4n) is 1.97. The van der Waals surface area contributed by atoms with Gasteiger partial charge in [-0.15, -0.1) is 0 Å². The zero-order chi connectivity index (χ0) is 15.2. The van der Waals surface area contributed by atoms with Crippen molar-refractivity contribution in [2.45, 2.75) is 38.1 Å². The van der Waals surface area contributed by atoms with E-state index in [1.807, 2.05) is 13.8 Å². The van der Waals surface area contributed by atoms with E-state index in [9.17, 15) is 8.42 Å². The summed E-state index contributed by atoms with van der Waals surface area (Å²) in [5.41, 5.74) is 6.41. The predicted octanol–water partition coefficient (Wildman–Crippen LogP) is 1.96. The average Bonchev–Trinajstić information content (AvgIpc) is 2.46. The van der Waals surface area contributed by atoms with Gasteiger partial charge in [-0.1, -0.05) is 26.3 Å². The minimum atomic E-state index is -3.52. The van der Waals surface area contributed by atoms with Gasteiger partial charge >= 0.3 is 0 Å². The molecule has 0 aromatic heterocycles. The van der Waals surface area contributed by atoms with Crippen molar-refractivity contribution in [2.75, 3.05) is 20.2 Å². The molecule has 0 heterocycles. The van der Waals surface area contributed by atoms with Crippen LogP contribution < -0.4 is 10.5 Å². The first kappa shape index (κ1) is 16.9. The lowest BCUT2D eigenvalue weighted by atomic mass is 10.2. The van der Waals surface area contributed by atoms with E-state index in [0.717, 1.165) is 18.4 Å². The van der Waals surface area contributed by atoms with Crippen LogP contribution in [-0.4, -0.2) is 32.9 Å². The van der Waals surface area contributed by atoms with Gasteiger partial charge in [-0.2, -0.15) is 4.31 Å². The Kier molecular flexibility index (Phi) is 6.45. The highest BCUT2D eigenvalue weighted by Crippen LogP contribution is 2.28. The van der Waals surface area contributed by atoms with E-state index in [2.05, 4.69) is 0 Å². The maximum atomic E-state index is 12.7. The van der Waals surface area contributed by atoms with Crippen LogP contribution in [0.25, 0.3) is 0 Å². The van der Waals surface area contributed by atoms with Gasteiger partial charge in [0.05, 0.1) is 7.11 Å². The maximum absolute atomic E-state index is 12.7. The van der Waals surface area contributed by atoms with Gasteiger partial charge in [0.1, 0.15) is 10.6 Å². The molecule has 20 heavy (non-hydrogen) atoms. The number of unbranched alkanes of at least 4 members (excludes halogenated alkanes) is 1. The van der Waals surface area contributed by atoms with Crippen LogP contribution >= 0.6 is 0 Å². The van der Waals surface area contributed by atoms with Gasteiger partial charge in [-0.05, 0) is 24.1 Å². The summed E-state index contributed by atoms with van der Waals surface area (Å²) in [6.45, 7) is 5.20. The van der Waals surface area contributed by atoms with Crippen LogP contribution in [0, 0.1) is 0 Å². The number of hydrogen-bond acceptors (Lipinski definition) is 4. The molecule has 0 aliphatic heterocycles. The molecule has 0 saturated carbocycles. The van der Waals surface area contributed by atoms with E-state index >= 15 is 0 Å². The van der Waals surface area contributed by atoms with E-state index in [4.69, 9.17) is 10.5 Å². The second-order valence-electron chi connectivity index (χ2n) is 4.54. The van der Waals surface area contributed by atoms with Gasteiger partial charge in [-0.3, -0.25) is 0 Å². The van der Waals surface area contributed by atoms with E-state index in [1.165, 1.54) is 11.4 Å². The number of nitrogens with zero attached hydrogens (tertiary/aromatic N) is 1. The molecule has 0 aliphatic carbocycles. The molecular formula is C14H24N2O3S. The van der Waals surface area contributed by atoms with Crippen LogP contribution in [0.5, 0.6) is 5.75 Å². The largest absolute Gasteiger partial charge is 0.495 e. The summed E-state index contributed by atoms with van der Waals surface area (Å²) in [6, 6.07) is 4.98. The zero-order valence-corrected chi connectivity index (χ0v) is 13.2. The molecule has 1 aromatic carbocycles. The summed E-state index contributed by atoms with van der Waals surface area (Å²) in [5, 5.41) is 0. The standard InChI is InChI=1S/C14H24N2O3S/c1-4-6-9-16(5-2)20(17,18)14-8-7-12(11-15)10-13(14)19-3/h7-8,10H,4-6,9,11,15H2,1-3H3. The molecule has 1 aromatic rings. The molecule has 2 N–H and O–H groups in total. The quantitative estimate of drug-likeness (QED) is 0.796. The van der Waals surface area contributed by atoms with E-state index in [0.29, 0.717) is 25.4 Å². The van der Waals surface area contributed by atoms with Crippen molar-refractivity contribution in [3.63, 3.8) is 0 Å². The van der Waals surface area contributed by atoms with Crippen molar-refractivity contribution >= 4 is 10.0 Å². The Labute approximate surface area is 121 Å². The number of ether oxygens (including phenoxy) is 1. The topological polar surface area (TPSA) is 72.6 Å². The number of hydrogen-bond donors (Lipinski definition) is 1. The lowest BCUT2D eigenvalue weighted by Crippen LogP contribution is -2.32. The minimum absolute atomic E-state index is 0.204. The van der Waals surface area contributed by atoms with Crippen molar-refractivity contribution in [2.24, 2.45) is 5.73 Å². The van der Waals surface area contributed by atoms with Gasteiger partial charge in [0, 0.05) is 19.6 Å². The lowest BCUT2D eigenvalue weighted by molar-refractivity contribution is 0.390. The first-order chi connectivity index (χ1) is 9.51. The summed E-state index contributed by atoms with van der Waals surface area (Å²) in [7, 11) is -2.05. The fraction of sp³-hybridized carbons (Fsp3) is 0.571. The van der Waals surface area contributed by atoms with Gasteiger partial charge < -0.3 is 10.5 Å². The van der Waals surface area contributed by atoms with Gasteiger partial charge in [-0.25, -0.2) is 8.42 Å².